The van der Waals surface area contributed by atoms with Crippen LogP contribution in [-0.4, -0.2) is 21.2 Å². The summed E-state index contributed by atoms with van der Waals surface area (Å²) >= 11 is 13.6. The molecule has 0 N–H and O–H groups in total. The van der Waals surface area contributed by atoms with Gasteiger partial charge in [0.2, 0.25) is 4.96 Å². The van der Waals surface area contributed by atoms with Gasteiger partial charge in [-0.15, -0.1) is 5.10 Å². The fourth-order valence-corrected chi connectivity index (χ4v) is 4.54. The van der Waals surface area contributed by atoms with E-state index in [1.165, 1.54) is 15.9 Å². The molecule has 9 heteroatoms. The first-order valence-corrected chi connectivity index (χ1v) is 11.8. The van der Waals surface area contributed by atoms with Gasteiger partial charge in [0.05, 0.1) is 11.6 Å². The van der Waals surface area contributed by atoms with E-state index in [9.17, 15) is 4.79 Å². The van der Waals surface area contributed by atoms with Gasteiger partial charge in [0.1, 0.15) is 21.8 Å². The molecular weight excluding hydrogens is 481 g/mol. The van der Waals surface area contributed by atoms with Gasteiger partial charge in [-0.3, -0.25) is 4.79 Å². The zero-order valence-electron chi connectivity index (χ0n) is 17.4. The third kappa shape index (κ3) is 4.39. The number of hydrogen-bond donors (Lipinski definition) is 0. The molecule has 166 valence electrons. The van der Waals surface area contributed by atoms with Gasteiger partial charge in [0.25, 0.3) is 5.56 Å². The SMILES string of the molecule is CCCOc1ccc(-c2nc3s/c(=C\c4ccc(-c5cc(Cl)ccc5Cl)o4)c(=O)n3n2)cc1. The number of furan rings is 1. The Kier molecular flexibility index (Phi) is 5.93. The summed E-state index contributed by atoms with van der Waals surface area (Å²) < 4.78 is 13.3. The Morgan fingerprint density at radius 1 is 1.12 bits per heavy atom. The maximum absolute atomic E-state index is 12.9. The topological polar surface area (TPSA) is 69.6 Å². The van der Waals surface area contributed by atoms with E-state index < -0.39 is 0 Å². The number of hydrogen-bond acceptors (Lipinski definition) is 6. The van der Waals surface area contributed by atoms with Crippen LogP contribution in [-0.2, 0) is 0 Å². The highest BCUT2D eigenvalue weighted by Crippen LogP contribution is 2.32. The van der Waals surface area contributed by atoms with Crippen LogP contribution in [0.3, 0.4) is 0 Å². The fourth-order valence-electron chi connectivity index (χ4n) is 3.27. The first-order valence-electron chi connectivity index (χ1n) is 10.2. The summed E-state index contributed by atoms with van der Waals surface area (Å²) in [4.78, 5) is 17.9. The van der Waals surface area contributed by atoms with Crippen molar-refractivity contribution in [2.75, 3.05) is 6.61 Å². The van der Waals surface area contributed by atoms with E-state index >= 15 is 0 Å². The lowest BCUT2D eigenvalue weighted by Crippen LogP contribution is -2.23. The number of aromatic nitrogens is 3. The van der Waals surface area contributed by atoms with Crippen molar-refractivity contribution in [3.05, 3.63) is 85.3 Å². The number of halogens is 2. The predicted molar refractivity (Wildman–Crippen MR) is 131 cm³/mol. The van der Waals surface area contributed by atoms with E-state index in [2.05, 4.69) is 17.0 Å². The summed E-state index contributed by atoms with van der Waals surface area (Å²) in [5.41, 5.74) is 1.24. The van der Waals surface area contributed by atoms with Gasteiger partial charge in [-0.1, -0.05) is 41.5 Å². The molecule has 0 fully saturated rings. The van der Waals surface area contributed by atoms with Crippen molar-refractivity contribution < 1.29 is 9.15 Å². The highest BCUT2D eigenvalue weighted by atomic mass is 35.5. The number of thiazole rings is 1. The Labute approximate surface area is 202 Å². The smallest absolute Gasteiger partial charge is 0.291 e. The lowest BCUT2D eigenvalue weighted by Gasteiger charge is -2.04. The Balaban J connectivity index is 1.44. The van der Waals surface area contributed by atoms with Crippen molar-refractivity contribution in [2.24, 2.45) is 0 Å². The largest absolute Gasteiger partial charge is 0.494 e. The van der Waals surface area contributed by atoms with Gasteiger partial charge in [-0.25, -0.2) is 0 Å². The van der Waals surface area contributed by atoms with Crippen molar-refractivity contribution in [3.63, 3.8) is 0 Å². The van der Waals surface area contributed by atoms with Crippen LogP contribution in [0.5, 0.6) is 5.75 Å². The van der Waals surface area contributed by atoms with Gasteiger partial charge >= 0.3 is 0 Å². The van der Waals surface area contributed by atoms with E-state index in [-0.39, 0.29) is 5.56 Å². The molecule has 0 bridgehead atoms. The monoisotopic (exact) mass is 497 g/mol. The van der Waals surface area contributed by atoms with Gasteiger partial charge in [-0.2, -0.15) is 9.50 Å². The molecule has 0 aliphatic rings. The van der Waals surface area contributed by atoms with Crippen LogP contribution in [0.1, 0.15) is 19.1 Å². The summed E-state index contributed by atoms with van der Waals surface area (Å²) in [7, 11) is 0. The van der Waals surface area contributed by atoms with Crippen LogP contribution in [0, 0.1) is 0 Å². The number of fused-ring (bicyclic) bond motifs is 1. The molecule has 3 heterocycles. The molecule has 3 aromatic heterocycles. The van der Waals surface area contributed by atoms with Crippen LogP contribution < -0.4 is 14.8 Å². The summed E-state index contributed by atoms with van der Waals surface area (Å²) in [6.07, 6.45) is 2.62. The second-order valence-corrected chi connectivity index (χ2v) is 9.10. The van der Waals surface area contributed by atoms with Crippen LogP contribution >= 0.6 is 34.5 Å². The average Bonchev–Trinajstić information content (AvgIpc) is 3.52. The fraction of sp³-hybridized carbons (Fsp3) is 0.125. The van der Waals surface area contributed by atoms with Crippen LogP contribution in [0.15, 0.2) is 63.8 Å². The normalized spacial score (nSPS) is 12.0. The van der Waals surface area contributed by atoms with E-state index in [1.807, 2.05) is 24.3 Å². The summed E-state index contributed by atoms with van der Waals surface area (Å²) in [5, 5.41) is 5.48. The third-order valence-corrected chi connectivity index (χ3v) is 6.39. The van der Waals surface area contributed by atoms with Crippen LogP contribution in [0.25, 0.3) is 33.7 Å². The van der Waals surface area contributed by atoms with Crippen molar-refractivity contribution in [2.45, 2.75) is 13.3 Å². The van der Waals surface area contributed by atoms with E-state index in [4.69, 9.17) is 32.4 Å². The molecule has 2 aromatic carbocycles. The molecule has 5 rings (SSSR count). The minimum Gasteiger partial charge on any atom is -0.494 e. The van der Waals surface area contributed by atoms with Gasteiger partial charge in [0, 0.05) is 22.2 Å². The number of nitrogens with zero attached hydrogens (tertiary/aromatic N) is 3. The molecule has 0 aliphatic carbocycles. The van der Waals surface area contributed by atoms with Crippen LogP contribution in [0.4, 0.5) is 0 Å². The summed E-state index contributed by atoms with van der Waals surface area (Å²) in [5.74, 6) is 2.36. The van der Waals surface area contributed by atoms with Gasteiger partial charge in [0.15, 0.2) is 5.82 Å². The second kappa shape index (κ2) is 9.02. The number of ether oxygens (including phenoxy) is 1. The van der Waals surface area contributed by atoms with Crippen molar-refractivity contribution in [1.29, 1.82) is 0 Å². The quantitative estimate of drug-likeness (QED) is 0.300. The van der Waals surface area contributed by atoms with E-state index in [0.29, 0.717) is 49.1 Å². The van der Waals surface area contributed by atoms with Crippen molar-refractivity contribution in [3.8, 4) is 28.5 Å². The molecule has 5 aromatic rings. The summed E-state index contributed by atoms with van der Waals surface area (Å²) in [6, 6.07) is 16.2. The lowest BCUT2D eigenvalue weighted by molar-refractivity contribution is 0.317. The Bertz CT molecular complexity index is 1550. The standard InChI is InChI=1S/C24H17Cl2N3O3S/c1-2-11-31-16-6-3-14(4-7-16)22-27-24-29(28-22)23(30)21(33-24)13-17-8-10-20(32-17)18-12-15(25)5-9-19(18)26/h3-10,12-13H,2,11H2,1H3/b21-13-. The molecule has 33 heavy (non-hydrogen) atoms. The molecule has 0 amide bonds. The molecule has 0 atom stereocenters. The minimum atomic E-state index is -0.254. The maximum Gasteiger partial charge on any atom is 0.291 e. The molecule has 0 aliphatic heterocycles. The molecule has 0 spiro atoms. The van der Waals surface area contributed by atoms with Gasteiger partial charge < -0.3 is 9.15 Å². The average molecular weight is 498 g/mol. The molecule has 0 saturated heterocycles. The molecular formula is C24H17Cl2N3O3S. The highest BCUT2D eigenvalue weighted by molar-refractivity contribution is 7.15. The zero-order valence-corrected chi connectivity index (χ0v) is 19.7. The molecule has 0 unspecified atom stereocenters. The second-order valence-electron chi connectivity index (χ2n) is 7.24. The van der Waals surface area contributed by atoms with Crippen molar-refractivity contribution in [1.82, 2.24) is 14.6 Å². The Morgan fingerprint density at radius 2 is 1.94 bits per heavy atom. The highest BCUT2D eigenvalue weighted by Gasteiger charge is 2.13. The number of rotatable bonds is 6. The first kappa shape index (κ1) is 21.7. The minimum absolute atomic E-state index is 0.254. The first-order chi connectivity index (χ1) is 16.0. The molecule has 6 nitrogen and oxygen atoms in total. The van der Waals surface area contributed by atoms with E-state index in [0.717, 1.165) is 17.7 Å². The zero-order chi connectivity index (χ0) is 22.9. The number of benzene rings is 2. The molecule has 0 saturated carbocycles. The summed E-state index contributed by atoms with van der Waals surface area (Å²) in [6.45, 7) is 2.72. The Hall–Kier alpha value is -3.13. The third-order valence-electron chi connectivity index (χ3n) is 4.86. The molecule has 0 radical (unpaired) electrons. The van der Waals surface area contributed by atoms with Crippen LogP contribution in [0.2, 0.25) is 10.0 Å². The Morgan fingerprint density at radius 3 is 2.70 bits per heavy atom. The van der Waals surface area contributed by atoms with E-state index in [1.54, 1.807) is 36.4 Å². The lowest BCUT2D eigenvalue weighted by atomic mass is 10.2. The maximum atomic E-state index is 12.9. The predicted octanol–water partition coefficient (Wildman–Crippen LogP) is 5.72. The van der Waals surface area contributed by atoms with Gasteiger partial charge in [-0.05, 0) is 61.0 Å². The van der Waals surface area contributed by atoms with Crippen molar-refractivity contribution >= 4 is 45.6 Å².